The molecule has 0 bridgehead atoms. The first-order valence-corrected chi connectivity index (χ1v) is 12.2. The lowest BCUT2D eigenvalue weighted by Gasteiger charge is -2.43. The number of carbonyl (C=O) groups is 1. The van der Waals surface area contributed by atoms with Gasteiger partial charge in [-0.2, -0.15) is 17.0 Å². The minimum Gasteiger partial charge on any atom is -0.360 e. The molecule has 29 heavy (non-hydrogen) atoms. The number of ketones is 1. The zero-order valence-corrected chi connectivity index (χ0v) is 18.3. The SMILES string of the molecule is C[C@@H]1CN(S(=O)(=O)N2CC[C@H](CC(=O)c3cc(C4CC4)on3)C[C@@H]2C)[C@@H](C)CN1. The Kier molecular flexibility index (Phi) is 5.85. The van der Waals surface area contributed by atoms with Crippen LogP contribution < -0.4 is 5.32 Å². The molecule has 1 aromatic rings. The lowest BCUT2D eigenvalue weighted by molar-refractivity contribution is 0.0919. The summed E-state index contributed by atoms with van der Waals surface area (Å²) in [6.45, 7) is 7.52. The highest BCUT2D eigenvalue weighted by Gasteiger charge is 2.41. The molecule has 1 saturated carbocycles. The van der Waals surface area contributed by atoms with Crippen molar-refractivity contribution >= 4 is 16.0 Å². The summed E-state index contributed by atoms with van der Waals surface area (Å²) in [6, 6.07) is 1.75. The van der Waals surface area contributed by atoms with E-state index >= 15 is 0 Å². The highest BCUT2D eigenvalue weighted by molar-refractivity contribution is 7.86. The quantitative estimate of drug-likeness (QED) is 0.703. The zero-order chi connectivity index (χ0) is 20.8. The monoisotopic (exact) mass is 424 g/mol. The molecule has 2 aliphatic heterocycles. The van der Waals surface area contributed by atoms with E-state index in [1.165, 1.54) is 0 Å². The molecule has 4 rings (SSSR count). The van der Waals surface area contributed by atoms with E-state index in [0.29, 0.717) is 50.5 Å². The van der Waals surface area contributed by atoms with E-state index in [9.17, 15) is 13.2 Å². The van der Waals surface area contributed by atoms with Gasteiger partial charge in [0.1, 0.15) is 11.5 Å². The van der Waals surface area contributed by atoms with Crippen LogP contribution in [0.1, 0.15) is 75.0 Å². The molecule has 8 nitrogen and oxygen atoms in total. The number of piperazine rings is 1. The summed E-state index contributed by atoms with van der Waals surface area (Å²) >= 11 is 0. The predicted molar refractivity (Wildman–Crippen MR) is 109 cm³/mol. The van der Waals surface area contributed by atoms with Crippen LogP contribution in [-0.2, 0) is 10.2 Å². The Balaban J connectivity index is 1.36. The number of rotatable bonds is 6. The Morgan fingerprint density at radius 1 is 1.21 bits per heavy atom. The van der Waals surface area contributed by atoms with Gasteiger partial charge in [-0.05, 0) is 52.4 Å². The van der Waals surface area contributed by atoms with E-state index in [1.54, 1.807) is 14.7 Å². The minimum atomic E-state index is -3.51. The van der Waals surface area contributed by atoms with Gasteiger partial charge >= 0.3 is 0 Å². The van der Waals surface area contributed by atoms with Gasteiger partial charge < -0.3 is 9.84 Å². The number of hydrogen-bond acceptors (Lipinski definition) is 6. The third-order valence-corrected chi connectivity index (χ3v) is 8.73. The molecule has 0 amide bonds. The average molecular weight is 425 g/mol. The molecule has 4 atom stereocenters. The number of aromatic nitrogens is 1. The van der Waals surface area contributed by atoms with Gasteiger partial charge in [0.05, 0.1) is 0 Å². The maximum absolute atomic E-state index is 13.3. The molecule has 0 spiro atoms. The van der Waals surface area contributed by atoms with Gasteiger partial charge in [0, 0.05) is 56.2 Å². The van der Waals surface area contributed by atoms with E-state index in [-0.39, 0.29) is 29.8 Å². The predicted octanol–water partition coefficient (Wildman–Crippen LogP) is 2.15. The summed E-state index contributed by atoms with van der Waals surface area (Å²) in [5.41, 5.74) is 0.415. The van der Waals surface area contributed by atoms with Crippen molar-refractivity contribution in [1.29, 1.82) is 0 Å². The lowest BCUT2D eigenvalue weighted by Crippen LogP contribution is -2.61. The van der Waals surface area contributed by atoms with Crippen LogP contribution in [-0.4, -0.2) is 65.7 Å². The van der Waals surface area contributed by atoms with Gasteiger partial charge in [0.25, 0.3) is 10.2 Å². The number of Topliss-reactive ketones (excluding diaryl/α,β-unsaturated/α-hetero) is 1. The molecule has 2 saturated heterocycles. The molecule has 9 heteroatoms. The summed E-state index contributed by atoms with van der Waals surface area (Å²) in [5.74, 6) is 1.43. The third kappa shape index (κ3) is 4.42. The van der Waals surface area contributed by atoms with E-state index < -0.39 is 10.2 Å². The lowest BCUT2D eigenvalue weighted by atomic mass is 9.88. The first-order chi connectivity index (χ1) is 13.8. The summed E-state index contributed by atoms with van der Waals surface area (Å²) in [7, 11) is -3.51. The Bertz CT molecular complexity index is 850. The van der Waals surface area contributed by atoms with Crippen LogP contribution >= 0.6 is 0 Å². The second-order valence-corrected chi connectivity index (χ2v) is 10.9. The molecule has 3 fully saturated rings. The number of nitrogens with zero attached hydrogens (tertiary/aromatic N) is 3. The largest absolute Gasteiger partial charge is 0.360 e. The van der Waals surface area contributed by atoms with Crippen LogP contribution in [0.5, 0.6) is 0 Å². The molecular weight excluding hydrogens is 392 g/mol. The molecule has 1 aromatic heterocycles. The molecule has 3 aliphatic rings. The molecule has 3 heterocycles. The fourth-order valence-corrected chi connectivity index (χ4v) is 6.66. The van der Waals surface area contributed by atoms with E-state index in [0.717, 1.165) is 18.6 Å². The van der Waals surface area contributed by atoms with Crippen molar-refractivity contribution in [3.8, 4) is 0 Å². The van der Waals surface area contributed by atoms with Crippen molar-refractivity contribution in [2.45, 2.75) is 76.9 Å². The van der Waals surface area contributed by atoms with E-state index in [2.05, 4.69) is 10.5 Å². The Hall–Kier alpha value is -1.29. The topological polar surface area (TPSA) is 95.8 Å². The summed E-state index contributed by atoms with van der Waals surface area (Å²) < 4.78 is 35.1. The van der Waals surface area contributed by atoms with Crippen LogP contribution in [0.2, 0.25) is 0 Å². The summed E-state index contributed by atoms with van der Waals surface area (Å²) in [5, 5.41) is 7.28. The minimum absolute atomic E-state index is 0.00120. The van der Waals surface area contributed by atoms with Gasteiger partial charge in [-0.1, -0.05) is 5.16 Å². The van der Waals surface area contributed by atoms with Gasteiger partial charge in [-0.25, -0.2) is 0 Å². The number of hydrogen-bond donors (Lipinski definition) is 1. The van der Waals surface area contributed by atoms with Crippen LogP contribution in [0.4, 0.5) is 0 Å². The summed E-state index contributed by atoms with van der Waals surface area (Å²) in [6.07, 6.45) is 4.00. The molecular formula is C20H32N4O4S. The zero-order valence-electron chi connectivity index (χ0n) is 17.5. The second kappa shape index (κ2) is 8.09. The third-order valence-electron chi connectivity index (χ3n) is 6.49. The van der Waals surface area contributed by atoms with Crippen molar-refractivity contribution in [2.24, 2.45) is 5.92 Å². The molecule has 0 unspecified atom stereocenters. The van der Waals surface area contributed by atoms with Crippen LogP contribution in [0, 0.1) is 5.92 Å². The normalized spacial score (nSPS) is 32.4. The maximum atomic E-state index is 13.3. The molecule has 1 aliphatic carbocycles. The molecule has 0 aromatic carbocycles. The number of carbonyl (C=O) groups excluding carboxylic acids is 1. The second-order valence-electron chi connectivity index (χ2n) is 9.10. The first-order valence-electron chi connectivity index (χ1n) is 10.8. The van der Waals surface area contributed by atoms with Gasteiger partial charge in [0.15, 0.2) is 5.78 Å². The molecule has 0 radical (unpaired) electrons. The maximum Gasteiger partial charge on any atom is 0.282 e. The number of piperidine rings is 1. The first kappa shape index (κ1) is 21.0. The van der Waals surface area contributed by atoms with Crippen LogP contribution in [0.3, 0.4) is 0 Å². The highest BCUT2D eigenvalue weighted by atomic mass is 32.2. The van der Waals surface area contributed by atoms with E-state index in [4.69, 9.17) is 4.52 Å². The van der Waals surface area contributed by atoms with Gasteiger partial charge in [0.2, 0.25) is 0 Å². The van der Waals surface area contributed by atoms with Gasteiger partial charge in [-0.3, -0.25) is 4.79 Å². The van der Waals surface area contributed by atoms with Crippen molar-refractivity contribution in [3.63, 3.8) is 0 Å². The fourth-order valence-electron chi connectivity index (χ4n) is 4.57. The van der Waals surface area contributed by atoms with Crippen LogP contribution in [0.25, 0.3) is 0 Å². The summed E-state index contributed by atoms with van der Waals surface area (Å²) in [4.78, 5) is 12.6. The Morgan fingerprint density at radius 2 is 1.97 bits per heavy atom. The number of nitrogens with one attached hydrogen (secondary N) is 1. The molecule has 162 valence electrons. The standard InChI is InChI=1S/C20H32N4O4S/c1-13-12-24(15(3)11-21-13)29(26,27)23-7-6-16(8-14(23)2)9-19(25)18-10-20(28-22-18)17-4-5-17/h10,13-17,21H,4-9,11-12H2,1-3H3/t13-,14+,15+,16+/m1/s1. The molecule has 1 N–H and O–H groups in total. The van der Waals surface area contributed by atoms with Gasteiger partial charge in [-0.15, -0.1) is 0 Å². The van der Waals surface area contributed by atoms with E-state index in [1.807, 2.05) is 20.8 Å². The highest BCUT2D eigenvalue weighted by Crippen LogP contribution is 2.40. The smallest absolute Gasteiger partial charge is 0.282 e. The average Bonchev–Trinajstić information content (AvgIpc) is 3.40. The fraction of sp³-hybridized carbons (Fsp3) is 0.800. The Labute approximate surface area is 173 Å². The van der Waals surface area contributed by atoms with Crippen molar-refractivity contribution in [3.05, 3.63) is 17.5 Å². The van der Waals surface area contributed by atoms with Crippen molar-refractivity contribution in [1.82, 2.24) is 19.1 Å². The van der Waals surface area contributed by atoms with Crippen molar-refractivity contribution < 1.29 is 17.7 Å². The van der Waals surface area contributed by atoms with Crippen LogP contribution in [0.15, 0.2) is 10.6 Å². The Morgan fingerprint density at radius 3 is 2.66 bits per heavy atom. The van der Waals surface area contributed by atoms with Crippen molar-refractivity contribution in [2.75, 3.05) is 19.6 Å².